The maximum Gasteiger partial charge on any atom is 0.316 e. The lowest BCUT2D eigenvalue weighted by Crippen LogP contribution is -2.67. The summed E-state index contributed by atoms with van der Waals surface area (Å²) in [6.45, 7) is 2.29. The number of nitrogens with zero attached hydrogens (tertiary/aromatic N) is 3. The van der Waals surface area contributed by atoms with Crippen molar-refractivity contribution in [3.8, 4) is 6.01 Å². The van der Waals surface area contributed by atoms with Crippen molar-refractivity contribution in [2.45, 2.75) is 17.7 Å². The molecular weight excluding hydrogens is 338 g/mol. The molecule has 0 amide bonds. The highest BCUT2D eigenvalue weighted by atomic mass is 32.2. The van der Waals surface area contributed by atoms with Crippen LogP contribution in [0, 0.1) is 5.92 Å². The molecule has 0 saturated carbocycles. The maximum absolute atomic E-state index is 12.7. The van der Waals surface area contributed by atoms with Gasteiger partial charge in [-0.1, -0.05) is 30.3 Å². The molecule has 2 aliphatic heterocycles. The van der Waals surface area contributed by atoms with E-state index in [0.29, 0.717) is 32.1 Å². The van der Waals surface area contributed by atoms with Crippen LogP contribution in [0.3, 0.4) is 0 Å². The van der Waals surface area contributed by atoms with Crippen LogP contribution in [0.2, 0.25) is 0 Å². The van der Waals surface area contributed by atoms with Crippen LogP contribution in [0.4, 0.5) is 0 Å². The summed E-state index contributed by atoms with van der Waals surface area (Å²) in [5, 5.41) is 0. The van der Waals surface area contributed by atoms with Gasteiger partial charge in [-0.2, -0.15) is 0 Å². The summed E-state index contributed by atoms with van der Waals surface area (Å²) in [6, 6.07) is 12.2. The minimum absolute atomic E-state index is 0.00618. The zero-order chi connectivity index (χ0) is 17.3. The van der Waals surface area contributed by atoms with Gasteiger partial charge in [0.15, 0.2) is 9.84 Å². The molecule has 2 aliphatic rings. The molecular formula is C18H21N3O3S. The molecule has 0 radical (unpaired) electrons. The van der Waals surface area contributed by atoms with Crippen molar-refractivity contribution in [3.63, 3.8) is 0 Å². The largest absolute Gasteiger partial charge is 0.463 e. The Morgan fingerprint density at radius 2 is 1.84 bits per heavy atom. The van der Waals surface area contributed by atoms with Crippen LogP contribution in [-0.2, 0) is 16.4 Å². The first-order valence-corrected chi connectivity index (χ1v) is 10.1. The number of benzene rings is 1. The van der Waals surface area contributed by atoms with E-state index in [2.05, 4.69) is 27.0 Å². The number of hydrogen-bond acceptors (Lipinski definition) is 6. The Labute approximate surface area is 147 Å². The highest BCUT2D eigenvalue weighted by Crippen LogP contribution is 2.45. The van der Waals surface area contributed by atoms with Gasteiger partial charge in [-0.3, -0.25) is 4.90 Å². The minimum Gasteiger partial charge on any atom is -0.463 e. The summed E-state index contributed by atoms with van der Waals surface area (Å²) in [7, 11) is -3.09. The Bertz CT molecular complexity index is 821. The Balaban J connectivity index is 1.43. The van der Waals surface area contributed by atoms with E-state index in [1.54, 1.807) is 18.5 Å². The van der Waals surface area contributed by atoms with Crippen molar-refractivity contribution in [1.29, 1.82) is 0 Å². The molecule has 1 aromatic carbocycles. The number of aromatic nitrogens is 2. The molecule has 1 aromatic heterocycles. The standard InChI is InChI=1S/C18H21N3O3S/c22-25(23)10-7-16(12-24-17-19-8-4-9-20-17)18(25)13-21(14-18)11-15-5-2-1-3-6-15/h1-6,8-9,16H,7,10-14H2/t16-/m1/s1. The van der Waals surface area contributed by atoms with Crippen LogP contribution < -0.4 is 4.74 Å². The van der Waals surface area contributed by atoms with Crippen LogP contribution in [0.1, 0.15) is 12.0 Å². The molecule has 132 valence electrons. The molecule has 0 aliphatic carbocycles. The quantitative estimate of drug-likeness (QED) is 0.806. The van der Waals surface area contributed by atoms with Gasteiger partial charge in [0.1, 0.15) is 4.75 Å². The number of sulfone groups is 1. The van der Waals surface area contributed by atoms with E-state index < -0.39 is 14.6 Å². The summed E-state index contributed by atoms with van der Waals surface area (Å²) in [4.78, 5) is 10.3. The normalized spacial score (nSPS) is 24.1. The Kier molecular flexibility index (Phi) is 4.21. The van der Waals surface area contributed by atoms with Gasteiger partial charge in [0.2, 0.25) is 0 Å². The SMILES string of the molecule is O=S1(=O)CC[C@H](COc2ncccn2)C12CN(Cc1ccccc1)C2. The van der Waals surface area contributed by atoms with Gasteiger partial charge in [0, 0.05) is 37.9 Å². The summed E-state index contributed by atoms with van der Waals surface area (Å²) >= 11 is 0. The number of rotatable bonds is 5. The van der Waals surface area contributed by atoms with E-state index in [0.717, 1.165) is 6.54 Å². The van der Waals surface area contributed by atoms with Gasteiger partial charge in [-0.25, -0.2) is 18.4 Å². The van der Waals surface area contributed by atoms with Crippen LogP contribution in [0.15, 0.2) is 48.8 Å². The lowest BCUT2D eigenvalue weighted by molar-refractivity contribution is 0.0572. The number of ether oxygens (including phenoxy) is 1. The van der Waals surface area contributed by atoms with Crippen molar-refractivity contribution in [2.24, 2.45) is 5.92 Å². The van der Waals surface area contributed by atoms with Crippen LogP contribution in [0.5, 0.6) is 6.01 Å². The third kappa shape index (κ3) is 3.02. The van der Waals surface area contributed by atoms with Gasteiger partial charge in [0.05, 0.1) is 12.4 Å². The van der Waals surface area contributed by atoms with Crippen molar-refractivity contribution in [1.82, 2.24) is 14.9 Å². The fourth-order valence-corrected chi connectivity index (χ4v) is 6.36. The maximum atomic E-state index is 12.7. The van der Waals surface area contributed by atoms with E-state index in [4.69, 9.17) is 4.74 Å². The van der Waals surface area contributed by atoms with Gasteiger partial charge in [0.25, 0.3) is 0 Å². The monoisotopic (exact) mass is 359 g/mol. The molecule has 7 heteroatoms. The third-order valence-electron chi connectivity index (χ3n) is 5.29. The molecule has 2 saturated heterocycles. The lowest BCUT2D eigenvalue weighted by atomic mass is 9.83. The molecule has 0 N–H and O–H groups in total. The Morgan fingerprint density at radius 1 is 1.12 bits per heavy atom. The third-order valence-corrected chi connectivity index (χ3v) is 7.89. The summed E-state index contributed by atoms with van der Waals surface area (Å²) in [5.41, 5.74) is 1.21. The summed E-state index contributed by atoms with van der Waals surface area (Å²) in [5.74, 6) is 0.240. The fraction of sp³-hybridized carbons (Fsp3) is 0.444. The Morgan fingerprint density at radius 3 is 2.56 bits per heavy atom. The van der Waals surface area contributed by atoms with E-state index in [-0.39, 0.29) is 11.7 Å². The van der Waals surface area contributed by atoms with Gasteiger partial charge in [-0.15, -0.1) is 0 Å². The topological polar surface area (TPSA) is 72.4 Å². The molecule has 0 unspecified atom stereocenters. The summed E-state index contributed by atoms with van der Waals surface area (Å²) in [6.07, 6.45) is 3.89. The minimum atomic E-state index is -3.09. The first-order chi connectivity index (χ1) is 12.1. The van der Waals surface area contributed by atoms with Crippen molar-refractivity contribution in [3.05, 3.63) is 54.4 Å². The molecule has 0 bridgehead atoms. The van der Waals surface area contributed by atoms with E-state index in [9.17, 15) is 8.42 Å². The molecule has 4 rings (SSSR count). The number of hydrogen-bond donors (Lipinski definition) is 0. The fourth-order valence-electron chi connectivity index (χ4n) is 3.91. The van der Waals surface area contributed by atoms with E-state index >= 15 is 0 Å². The Hall–Kier alpha value is -1.99. The predicted octanol–water partition coefficient (Wildman–Crippen LogP) is 1.54. The zero-order valence-electron chi connectivity index (χ0n) is 13.9. The first kappa shape index (κ1) is 16.5. The van der Waals surface area contributed by atoms with Crippen molar-refractivity contribution in [2.75, 3.05) is 25.4 Å². The van der Waals surface area contributed by atoms with Crippen LogP contribution in [0.25, 0.3) is 0 Å². The molecule has 2 fully saturated rings. The van der Waals surface area contributed by atoms with Crippen LogP contribution >= 0.6 is 0 Å². The zero-order valence-corrected chi connectivity index (χ0v) is 14.7. The molecule has 25 heavy (non-hydrogen) atoms. The molecule has 6 nitrogen and oxygen atoms in total. The second kappa shape index (κ2) is 6.38. The molecule has 3 heterocycles. The van der Waals surface area contributed by atoms with Gasteiger partial charge >= 0.3 is 6.01 Å². The van der Waals surface area contributed by atoms with Crippen molar-refractivity contribution >= 4 is 9.84 Å². The average molecular weight is 359 g/mol. The first-order valence-electron chi connectivity index (χ1n) is 8.47. The number of likely N-dealkylation sites (tertiary alicyclic amines) is 1. The average Bonchev–Trinajstić information content (AvgIpc) is 2.86. The van der Waals surface area contributed by atoms with Gasteiger partial charge < -0.3 is 4.74 Å². The lowest BCUT2D eigenvalue weighted by Gasteiger charge is -2.50. The predicted molar refractivity (Wildman–Crippen MR) is 93.9 cm³/mol. The highest BCUT2D eigenvalue weighted by Gasteiger charge is 2.61. The second-order valence-electron chi connectivity index (χ2n) is 6.84. The molecule has 1 spiro atoms. The molecule has 1 atom stereocenters. The van der Waals surface area contributed by atoms with Crippen LogP contribution in [-0.4, -0.2) is 53.5 Å². The summed E-state index contributed by atoms with van der Waals surface area (Å²) < 4.78 is 30.3. The molecule has 2 aromatic rings. The van der Waals surface area contributed by atoms with E-state index in [1.807, 2.05) is 18.2 Å². The van der Waals surface area contributed by atoms with E-state index in [1.165, 1.54) is 5.56 Å². The van der Waals surface area contributed by atoms with Crippen molar-refractivity contribution < 1.29 is 13.2 Å². The van der Waals surface area contributed by atoms with Gasteiger partial charge in [-0.05, 0) is 18.1 Å². The highest BCUT2D eigenvalue weighted by molar-refractivity contribution is 7.93. The smallest absolute Gasteiger partial charge is 0.316 e. The second-order valence-corrected chi connectivity index (χ2v) is 9.29.